The van der Waals surface area contributed by atoms with Gasteiger partial charge in [-0.15, -0.1) is 11.3 Å². The fraction of sp³-hybridized carbons (Fsp3) is 0.440. The van der Waals surface area contributed by atoms with Crippen molar-refractivity contribution in [1.82, 2.24) is 19.8 Å². The Hall–Kier alpha value is -3.00. The molecule has 2 bridgehead atoms. The van der Waals surface area contributed by atoms with Crippen LogP contribution in [0.4, 0.5) is 0 Å². The summed E-state index contributed by atoms with van der Waals surface area (Å²) in [6, 6.07) is 9.65. The lowest BCUT2D eigenvalue weighted by Crippen LogP contribution is -2.53. The van der Waals surface area contributed by atoms with E-state index in [2.05, 4.69) is 9.97 Å². The highest BCUT2D eigenvalue weighted by Crippen LogP contribution is 2.38. The average molecular weight is 465 g/mol. The number of likely N-dealkylation sites (tertiary alicyclic amines) is 2. The second-order valence-electron chi connectivity index (χ2n) is 10.2. The first-order chi connectivity index (χ1) is 15.7. The smallest absolute Gasteiger partial charge is 0.273 e. The van der Waals surface area contributed by atoms with E-state index in [-0.39, 0.29) is 41.5 Å². The number of hydrogen-bond donors (Lipinski definition) is 1. The number of piperazine rings is 1. The van der Waals surface area contributed by atoms with Crippen molar-refractivity contribution in [2.45, 2.75) is 45.7 Å². The number of ketones is 1. The molecule has 2 fully saturated rings. The second kappa shape index (κ2) is 8.09. The lowest BCUT2D eigenvalue weighted by Gasteiger charge is -2.38. The summed E-state index contributed by atoms with van der Waals surface area (Å²) in [6.07, 6.45) is 0.943. The van der Waals surface area contributed by atoms with Gasteiger partial charge < -0.3 is 14.8 Å². The number of para-hydroxylation sites is 1. The Labute approximate surface area is 196 Å². The minimum absolute atomic E-state index is 0.00175. The maximum Gasteiger partial charge on any atom is 0.273 e. The molecule has 0 spiro atoms. The number of benzene rings is 1. The molecule has 0 unspecified atom stereocenters. The van der Waals surface area contributed by atoms with Crippen LogP contribution in [0.25, 0.3) is 10.9 Å². The first-order valence-corrected chi connectivity index (χ1v) is 12.3. The first-order valence-electron chi connectivity index (χ1n) is 11.3. The Morgan fingerprint density at radius 3 is 2.52 bits per heavy atom. The number of carbonyl (C=O) groups is 3. The molecule has 2 amide bonds. The standard InChI is InChI=1S/C25H28N4O3S/c1-25(2,3)18(10-22(30)20-8-15-6-4-5-7-19(15)27-20)23(31)28-11-17-9-16(28)12-29(17)24(32)21-13-33-14-26-21/h4-8,13-14,16-18,27H,9-12H2,1-3H3/t16-,17-,18+/m0/s1. The van der Waals surface area contributed by atoms with Crippen molar-refractivity contribution in [3.8, 4) is 0 Å². The van der Waals surface area contributed by atoms with Gasteiger partial charge in [0.2, 0.25) is 5.91 Å². The number of nitrogens with zero attached hydrogens (tertiary/aromatic N) is 3. The van der Waals surface area contributed by atoms with Crippen LogP contribution in [0.2, 0.25) is 0 Å². The monoisotopic (exact) mass is 464 g/mol. The molecule has 0 saturated carbocycles. The largest absolute Gasteiger partial charge is 0.352 e. The Bertz CT molecular complexity index is 1180. The molecule has 4 heterocycles. The molecular weight excluding hydrogens is 436 g/mol. The molecule has 7 nitrogen and oxygen atoms in total. The Kier molecular flexibility index (Phi) is 5.35. The molecule has 0 radical (unpaired) electrons. The summed E-state index contributed by atoms with van der Waals surface area (Å²) in [5.41, 5.74) is 3.23. The number of carbonyl (C=O) groups excluding carboxylic acids is 3. The van der Waals surface area contributed by atoms with Gasteiger partial charge in [0.15, 0.2) is 5.78 Å². The molecular formula is C25H28N4O3S. The molecule has 5 rings (SSSR count). The van der Waals surface area contributed by atoms with Gasteiger partial charge in [0.25, 0.3) is 5.91 Å². The van der Waals surface area contributed by atoms with Crippen LogP contribution in [-0.4, -0.2) is 62.5 Å². The van der Waals surface area contributed by atoms with E-state index in [1.54, 1.807) is 10.9 Å². The summed E-state index contributed by atoms with van der Waals surface area (Å²) in [7, 11) is 0. The molecule has 2 aliphatic rings. The van der Waals surface area contributed by atoms with Crippen molar-refractivity contribution in [2.75, 3.05) is 13.1 Å². The third-order valence-corrected chi connectivity index (χ3v) is 7.59. The minimum Gasteiger partial charge on any atom is -0.352 e. The van der Waals surface area contributed by atoms with Gasteiger partial charge >= 0.3 is 0 Å². The number of amides is 2. The van der Waals surface area contributed by atoms with E-state index in [9.17, 15) is 14.4 Å². The number of rotatable bonds is 5. The summed E-state index contributed by atoms with van der Waals surface area (Å²) in [6.45, 7) is 7.09. The second-order valence-corrected chi connectivity index (χ2v) is 10.9. The number of Topliss-reactive ketones (excluding diaryl/α,β-unsaturated/α-hetero) is 1. The predicted molar refractivity (Wildman–Crippen MR) is 127 cm³/mol. The minimum atomic E-state index is -0.432. The average Bonchev–Trinajstić information content (AvgIpc) is 3.57. The van der Waals surface area contributed by atoms with Crippen molar-refractivity contribution >= 4 is 39.8 Å². The molecule has 172 valence electrons. The van der Waals surface area contributed by atoms with E-state index in [4.69, 9.17) is 0 Å². The Morgan fingerprint density at radius 2 is 1.88 bits per heavy atom. The predicted octanol–water partition coefficient (Wildman–Crippen LogP) is 3.99. The maximum absolute atomic E-state index is 13.7. The lowest BCUT2D eigenvalue weighted by atomic mass is 9.76. The van der Waals surface area contributed by atoms with E-state index in [0.29, 0.717) is 24.5 Å². The van der Waals surface area contributed by atoms with Gasteiger partial charge in [-0.05, 0) is 24.0 Å². The third kappa shape index (κ3) is 3.97. The van der Waals surface area contributed by atoms with Crippen LogP contribution in [0.5, 0.6) is 0 Å². The molecule has 3 atom stereocenters. The molecule has 2 saturated heterocycles. The van der Waals surface area contributed by atoms with Crippen LogP contribution in [-0.2, 0) is 4.79 Å². The highest BCUT2D eigenvalue weighted by atomic mass is 32.1. The van der Waals surface area contributed by atoms with Crippen LogP contribution in [0.1, 0.15) is 54.6 Å². The van der Waals surface area contributed by atoms with Crippen molar-refractivity contribution in [2.24, 2.45) is 11.3 Å². The van der Waals surface area contributed by atoms with Gasteiger partial charge in [-0.2, -0.15) is 0 Å². The normalized spacial score (nSPS) is 21.1. The molecule has 2 aliphatic heterocycles. The molecule has 3 aromatic rings. The number of fused-ring (bicyclic) bond motifs is 3. The summed E-state index contributed by atoms with van der Waals surface area (Å²) < 4.78 is 0. The molecule has 2 aromatic heterocycles. The Balaban J connectivity index is 1.30. The van der Waals surface area contributed by atoms with Gasteiger partial charge in [0.1, 0.15) is 5.69 Å². The van der Waals surface area contributed by atoms with Crippen molar-refractivity contribution < 1.29 is 14.4 Å². The molecule has 33 heavy (non-hydrogen) atoms. The van der Waals surface area contributed by atoms with Crippen LogP contribution >= 0.6 is 11.3 Å². The first kappa shape index (κ1) is 21.8. The van der Waals surface area contributed by atoms with E-state index in [1.807, 2.05) is 60.9 Å². The number of aromatic amines is 1. The summed E-state index contributed by atoms with van der Waals surface area (Å²) in [4.78, 5) is 50.7. The van der Waals surface area contributed by atoms with Crippen LogP contribution < -0.4 is 0 Å². The zero-order valence-corrected chi connectivity index (χ0v) is 19.9. The van der Waals surface area contributed by atoms with Gasteiger partial charge in [-0.1, -0.05) is 39.0 Å². The highest BCUT2D eigenvalue weighted by Gasteiger charge is 2.50. The lowest BCUT2D eigenvalue weighted by molar-refractivity contribution is -0.141. The maximum atomic E-state index is 13.7. The molecule has 0 aliphatic carbocycles. The van der Waals surface area contributed by atoms with E-state index >= 15 is 0 Å². The van der Waals surface area contributed by atoms with Gasteiger partial charge in [0.05, 0.1) is 29.2 Å². The molecule has 1 N–H and O–H groups in total. The zero-order chi connectivity index (χ0) is 23.3. The quantitative estimate of drug-likeness (QED) is 0.579. The molecule has 8 heteroatoms. The summed E-state index contributed by atoms with van der Waals surface area (Å²) in [5, 5.41) is 2.75. The van der Waals surface area contributed by atoms with E-state index in [0.717, 1.165) is 17.3 Å². The van der Waals surface area contributed by atoms with Crippen molar-refractivity contribution in [1.29, 1.82) is 0 Å². The van der Waals surface area contributed by atoms with Gasteiger partial charge in [-0.25, -0.2) is 4.98 Å². The number of aromatic nitrogens is 2. The van der Waals surface area contributed by atoms with Gasteiger partial charge in [0, 0.05) is 35.8 Å². The van der Waals surface area contributed by atoms with Crippen molar-refractivity contribution in [3.05, 3.63) is 52.6 Å². The molecule has 1 aromatic carbocycles. The SMILES string of the molecule is CC(C)(C)[C@H](CC(=O)c1cc2ccccc2[nH]1)C(=O)N1C[C@@H]2C[C@H]1CN2C(=O)c1cscn1. The summed E-state index contributed by atoms with van der Waals surface area (Å²) >= 11 is 1.41. The highest BCUT2D eigenvalue weighted by molar-refractivity contribution is 7.07. The van der Waals surface area contributed by atoms with Crippen LogP contribution in [0.3, 0.4) is 0 Å². The van der Waals surface area contributed by atoms with Crippen LogP contribution in [0, 0.1) is 11.3 Å². The number of H-pyrrole nitrogens is 1. The Morgan fingerprint density at radius 1 is 1.15 bits per heavy atom. The van der Waals surface area contributed by atoms with E-state index in [1.165, 1.54) is 11.3 Å². The summed E-state index contributed by atoms with van der Waals surface area (Å²) in [5.74, 6) is -0.528. The van der Waals surface area contributed by atoms with E-state index < -0.39 is 5.92 Å². The van der Waals surface area contributed by atoms with Gasteiger partial charge in [-0.3, -0.25) is 14.4 Å². The number of nitrogens with one attached hydrogen (secondary N) is 1. The third-order valence-electron chi connectivity index (χ3n) is 7.00. The number of hydrogen-bond acceptors (Lipinski definition) is 5. The zero-order valence-electron chi connectivity index (χ0n) is 19.1. The fourth-order valence-electron chi connectivity index (χ4n) is 5.13. The number of thiazole rings is 1. The van der Waals surface area contributed by atoms with Crippen LogP contribution in [0.15, 0.2) is 41.2 Å². The fourth-order valence-corrected chi connectivity index (χ4v) is 5.66. The topological polar surface area (TPSA) is 86.4 Å². The van der Waals surface area contributed by atoms with Crippen molar-refractivity contribution in [3.63, 3.8) is 0 Å².